The first-order chi connectivity index (χ1) is 8.58. The molecular formula is C15H20F2O. The standard InChI is InChI=1S/C15H20F2O/c1-10(2)13-7-12(16)8-14(17)15(13)18-9-11-5-3-4-6-11/h7-8,10-11H,3-6,9H2,1-2H3. The van der Waals surface area contributed by atoms with Gasteiger partial charge < -0.3 is 4.74 Å². The van der Waals surface area contributed by atoms with Crippen LogP contribution in [0.5, 0.6) is 5.75 Å². The molecule has 0 saturated heterocycles. The molecule has 1 nitrogen and oxygen atoms in total. The van der Waals surface area contributed by atoms with E-state index < -0.39 is 11.6 Å². The molecule has 0 heterocycles. The zero-order chi connectivity index (χ0) is 13.1. The van der Waals surface area contributed by atoms with Crippen LogP contribution in [0.2, 0.25) is 0 Å². The number of hydrogen-bond acceptors (Lipinski definition) is 1. The molecule has 18 heavy (non-hydrogen) atoms. The van der Waals surface area contributed by atoms with Crippen LogP contribution in [-0.4, -0.2) is 6.61 Å². The van der Waals surface area contributed by atoms with Crippen molar-refractivity contribution in [1.29, 1.82) is 0 Å². The predicted octanol–water partition coefficient (Wildman–Crippen LogP) is 4.66. The van der Waals surface area contributed by atoms with E-state index in [-0.39, 0.29) is 11.7 Å². The Bertz CT molecular complexity index is 409. The van der Waals surface area contributed by atoms with Gasteiger partial charge in [0.25, 0.3) is 0 Å². The van der Waals surface area contributed by atoms with Crippen LogP contribution < -0.4 is 4.74 Å². The highest BCUT2D eigenvalue weighted by Crippen LogP contribution is 2.32. The van der Waals surface area contributed by atoms with E-state index in [0.717, 1.165) is 18.9 Å². The van der Waals surface area contributed by atoms with E-state index >= 15 is 0 Å². The van der Waals surface area contributed by atoms with Crippen molar-refractivity contribution in [1.82, 2.24) is 0 Å². The Morgan fingerprint density at radius 2 is 1.89 bits per heavy atom. The van der Waals surface area contributed by atoms with Crippen LogP contribution in [-0.2, 0) is 0 Å². The SMILES string of the molecule is CC(C)c1cc(F)cc(F)c1OCC1CCCC1. The minimum atomic E-state index is -0.586. The maximum atomic E-state index is 13.8. The first-order valence-corrected chi connectivity index (χ1v) is 6.69. The molecule has 0 radical (unpaired) electrons. The molecule has 0 unspecified atom stereocenters. The van der Waals surface area contributed by atoms with Crippen LogP contribution in [0.4, 0.5) is 8.78 Å². The van der Waals surface area contributed by atoms with Gasteiger partial charge in [-0.2, -0.15) is 0 Å². The second-order valence-electron chi connectivity index (χ2n) is 5.42. The van der Waals surface area contributed by atoms with Gasteiger partial charge in [0.2, 0.25) is 0 Å². The smallest absolute Gasteiger partial charge is 0.168 e. The number of halogens is 2. The Morgan fingerprint density at radius 1 is 1.22 bits per heavy atom. The highest BCUT2D eigenvalue weighted by molar-refractivity contribution is 5.37. The van der Waals surface area contributed by atoms with Gasteiger partial charge in [0, 0.05) is 11.6 Å². The predicted molar refractivity (Wildman–Crippen MR) is 67.9 cm³/mol. The van der Waals surface area contributed by atoms with Gasteiger partial charge in [-0.25, -0.2) is 8.78 Å². The molecule has 1 aromatic rings. The third kappa shape index (κ3) is 3.01. The molecule has 0 N–H and O–H groups in total. The van der Waals surface area contributed by atoms with Crippen molar-refractivity contribution in [2.24, 2.45) is 5.92 Å². The summed E-state index contributed by atoms with van der Waals surface area (Å²) in [6.45, 7) is 4.37. The van der Waals surface area contributed by atoms with Gasteiger partial charge in [-0.15, -0.1) is 0 Å². The van der Waals surface area contributed by atoms with E-state index in [1.807, 2.05) is 13.8 Å². The van der Waals surface area contributed by atoms with Crippen molar-refractivity contribution >= 4 is 0 Å². The molecule has 3 heteroatoms. The monoisotopic (exact) mass is 254 g/mol. The second kappa shape index (κ2) is 5.68. The molecule has 0 amide bonds. The van der Waals surface area contributed by atoms with E-state index in [1.54, 1.807) is 0 Å². The fraction of sp³-hybridized carbons (Fsp3) is 0.600. The number of ether oxygens (including phenoxy) is 1. The minimum absolute atomic E-state index is 0.0498. The number of hydrogen-bond donors (Lipinski definition) is 0. The molecule has 1 fully saturated rings. The summed E-state index contributed by atoms with van der Waals surface area (Å²) in [7, 11) is 0. The molecule has 1 aromatic carbocycles. The van der Waals surface area contributed by atoms with E-state index in [1.165, 1.54) is 18.9 Å². The van der Waals surface area contributed by atoms with Crippen molar-refractivity contribution in [3.63, 3.8) is 0 Å². The van der Waals surface area contributed by atoms with Gasteiger partial charge in [-0.3, -0.25) is 0 Å². The third-order valence-electron chi connectivity index (χ3n) is 3.60. The van der Waals surface area contributed by atoms with Crippen molar-refractivity contribution < 1.29 is 13.5 Å². The van der Waals surface area contributed by atoms with Gasteiger partial charge in [0.1, 0.15) is 5.82 Å². The van der Waals surface area contributed by atoms with Crippen LogP contribution in [0.1, 0.15) is 51.0 Å². The van der Waals surface area contributed by atoms with E-state index in [2.05, 4.69) is 0 Å². The normalized spacial score (nSPS) is 16.5. The maximum absolute atomic E-state index is 13.8. The Labute approximate surface area is 107 Å². The Balaban J connectivity index is 2.14. The molecule has 0 aromatic heterocycles. The third-order valence-corrected chi connectivity index (χ3v) is 3.60. The summed E-state index contributed by atoms with van der Waals surface area (Å²) < 4.78 is 32.6. The van der Waals surface area contributed by atoms with Crippen molar-refractivity contribution in [2.75, 3.05) is 6.61 Å². The first-order valence-electron chi connectivity index (χ1n) is 6.69. The molecular weight excluding hydrogens is 234 g/mol. The molecule has 0 bridgehead atoms. The summed E-state index contributed by atoms with van der Waals surface area (Å²) in [5.74, 6) is -0.317. The number of benzene rings is 1. The van der Waals surface area contributed by atoms with Crippen LogP contribution in [0, 0.1) is 17.6 Å². The quantitative estimate of drug-likeness (QED) is 0.759. The average molecular weight is 254 g/mol. The maximum Gasteiger partial charge on any atom is 0.168 e. The van der Waals surface area contributed by atoms with Gasteiger partial charge in [0.15, 0.2) is 11.6 Å². The lowest BCUT2D eigenvalue weighted by Gasteiger charge is -2.17. The van der Waals surface area contributed by atoms with Crippen molar-refractivity contribution in [3.8, 4) is 5.75 Å². The molecule has 1 aliphatic carbocycles. The number of rotatable bonds is 4. The molecule has 0 atom stereocenters. The molecule has 1 aliphatic rings. The zero-order valence-electron chi connectivity index (χ0n) is 11.0. The molecule has 0 spiro atoms. The van der Waals surface area contributed by atoms with Gasteiger partial charge in [-0.1, -0.05) is 26.7 Å². The van der Waals surface area contributed by atoms with E-state index in [4.69, 9.17) is 4.74 Å². The van der Waals surface area contributed by atoms with Gasteiger partial charge in [-0.05, 0) is 30.7 Å². The van der Waals surface area contributed by atoms with Crippen molar-refractivity contribution in [2.45, 2.75) is 45.4 Å². The lowest BCUT2D eigenvalue weighted by atomic mass is 10.0. The van der Waals surface area contributed by atoms with Gasteiger partial charge in [0.05, 0.1) is 6.61 Å². The van der Waals surface area contributed by atoms with Crippen molar-refractivity contribution in [3.05, 3.63) is 29.3 Å². The Hall–Kier alpha value is -1.12. The highest BCUT2D eigenvalue weighted by Gasteiger charge is 2.19. The van der Waals surface area contributed by atoms with Crippen LogP contribution in [0.3, 0.4) is 0 Å². The van der Waals surface area contributed by atoms with Gasteiger partial charge >= 0.3 is 0 Å². The van der Waals surface area contributed by atoms with Crippen LogP contribution in [0.15, 0.2) is 12.1 Å². The summed E-state index contributed by atoms with van der Waals surface area (Å²) in [5, 5.41) is 0. The summed E-state index contributed by atoms with van der Waals surface area (Å²) in [5.41, 5.74) is 0.616. The first kappa shape index (κ1) is 13.3. The highest BCUT2D eigenvalue weighted by atomic mass is 19.1. The average Bonchev–Trinajstić information content (AvgIpc) is 2.79. The lowest BCUT2D eigenvalue weighted by molar-refractivity contribution is 0.238. The minimum Gasteiger partial charge on any atom is -0.490 e. The van der Waals surface area contributed by atoms with E-state index in [0.29, 0.717) is 18.1 Å². The molecule has 100 valence electrons. The fourth-order valence-electron chi connectivity index (χ4n) is 2.54. The lowest BCUT2D eigenvalue weighted by Crippen LogP contribution is -2.11. The second-order valence-corrected chi connectivity index (χ2v) is 5.42. The zero-order valence-corrected chi connectivity index (χ0v) is 11.0. The largest absolute Gasteiger partial charge is 0.490 e. The Morgan fingerprint density at radius 3 is 2.50 bits per heavy atom. The summed E-state index contributed by atoms with van der Waals surface area (Å²) in [6.07, 6.45) is 4.77. The summed E-state index contributed by atoms with van der Waals surface area (Å²) >= 11 is 0. The van der Waals surface area contributed by atoms with Crippen LogP contribution >= 0.6 is 0 Å². The summed E-state index contributed by atoms with van der Waals surface area (Å²) in [6, 6.07) is 2.27. The molecule has 2 rings (SSSR count). The molecule has 0 aliphatic heterocycles. The topological polar surface area (TPSA) is 9.23 Å². The van der Waals surface area contributed by atoms with E-state index in [9.17, 15) is 8.78 Å². The van der Waals surface area contributed by atoms with Crippen LogP contribution in [0.25, 0.3) is 0 Å². The fourth-order valence-corrected chi connectivity index (χ4v) is 2.54. The summed E-state index contributed by atoms with van der Waals surface area (Å²) in [4.78, 5) is 0. The Kier molecular flexibility index (Phi) is 4.20. The molecule has 1 saturated carbocycles.